The number of carbonyl (C=O) groups excluding carboxylic acids is 2. The zero-order valence-corrected chi connectivity index (χ0v) is 18.1. The number of imidazole rings is 1. The van der Waals surface area contributed by atoms with Crippen molar-refractivity contribution in [2.75, 3.05) is 13.6 Å². The van der Waals surface area contributed by atoms with Crippen LogP contribution in [-0.2, 0) is 22.7 Å². The third kappa shape index (κ3) is 3.92. The summed E-state index contributed by atoms with van der Waals surface area (Å²) in [7, 11) is 1.81. The van der Waals surface area contributed by atoms with Gasteiger partial charge in [-0.25, -0.2) is 4.98 Å². The summed E-state index contributed by atoms with van der Waals surface area (Å²) in [6, 6.07) is 8.18. The third-order valence-corrected chi connectivity index (χ3v) is 6.46. The molecule has 152 valence electrons. The fourth-order valence-corrected chi connectivity index (χ4v) is 4.81. The summed E-state index contributed by atoms with van der Waals surface area (Å²) < 4.78 is 2.07. The van der Waals surface area contributed by atoms with E-state index < -0.39 is 0 Å². The summed E-state index contributed by atoms with van der Waals surface area (Å²) in [5, 5.41) is 0. The molecular formula is C22H26N4O2S. The monoisotopic (exact) mass is 410 g/mol. The molecule has 0 bridgehead atoms. The van der Waals surface area contributed by atoms with E-state index in [0.29, 0.717) is 19.6 Å². The number of aromatic nitrogens is 2. The number of hydrogen-bond acceptors (Lipinski definition) is 4. The Morgan fingerprint density at radius 2 is 1.97 bits per heavy atom. The van der Waals surface area contributed by atoms with Crippen LogP contribution in [0.5, 0.6) is 0 Å². The van der Waals surface area contributed by atoms with E-state index in [2.05, 4.69) is 22.5 Å². The number of hydrogen-bond donors (Lipinski definition) is 0. The number of amides is 2. The number of thiazole rings is 1. The first kappa shape index (κ1) is 19.6. The largest absolute Gasteiger partial charge is 0.340 e. The van der Waals surface area contributed by atoms with Crippen LogP contribution in [0, 0.1) is 26.7 Å². The average molecular weight is 411 g/mol. The highest BCUT2D eigenvalue weighted by Gasteiger charge is 2.36. The smallest absolute Gasteiger partial charge is 0.228 e. The summed E-state index contributed by atoms with van der Waals surface area (Å²) in [5.41, 5.74) is 4.26. The lowest BCUT2D eigenvalue weighted by Gasteiger charge is -2.21. The highest BCUT2D eigenvalue weighted by Crippen LogP contribution is 2.25. The van der Waals surface area contributed by atoms with Gasteiger partial charge in [-0.3, -0.25) is 14.0 Å². The Kier molecular flexibility index (Phi) is 5.17. The van der Waals surface area contributed by atoms with Crippen molar-refractivity contribution in [2.24, 2.45) is 5.92 Å². The summed E-state index contributed by atoms with van der Waals surface area (Å²) in [4.78, 5) is 35.8. The minimum absolute atomic E-state index is 0.0195. The molecule has 3 aromatic rings. The lowest BCUT2D eigenvalue weighted by molar-refractivity contribution is -0.135. The Morgan fingerprint density at radius 3 is 2.69 bits per heavy atom. The summed E-state index contributed by atoms with van der Waals surface area (Å²) in [6.07, 6.45) is 2.35. The molecule has 1 atom stereocenters. The number of benzene rings is 1. The Labute approximate surface area is 174 Å². The SMILES string of the molecule is Cc1ccc(CN2CC(C(=O)N(C)Cc3c(C)nc4sc(C)cn34)CC2=O)cc1. The second kappa shape index (κ2) is 7.63. The van der Waals surface area contributed by atoms with Gasteiger partial charge in [-0.2, -0.15) is 0 Å². The zero-order valence-electron chi connectivity index (χ0n) is 17.3. The van der Waals surface area contributed by atoms with E-state index in [1.807, 2.05) is 45.2 Å². The summed E-state index contributed by atoms with van der Waals surface area (Å²) in [6.45, 7) is 7.61. The topological polar surface area (TPSA) is 57.9 Å². The Balaban J connectivity index is 1.43. The van der Waals surface area contributed by atoms with Crippen LogP contribution in [-0.4, -0.2) is 44.6 Å². The Bertz CT molecular complexity index is 1070. The summed E-state index contributed by atoms with van der Waals surface area (Å²) in [5.74, 6) is -0.217. The van der Waals surface area contributed by atoms with Crippen molar-refractivity contribution in [2.45, 2.75) is 40.3 Å². The molecule has 1 fully saturated rings. The van der Waals surface area contributed by atoms with Gasteiger partial charge < -0.3 is 9.80 Å². The molecule has 29 heavy (non-hydrogen) atoms. The fourth-order valence-electron chi connectivity index (χ4n) is 3.92. The fraction of sp³-hybridized carbons (Fsp3) is 0.409. The van der Waals surface area contributed by atoms with Crippen LogP contribution in [0.2, 0.25) is 0 Å². The van der Waals surface area contributed by atoms with Crippen molar-refractivity contribution in [1.29, 1.82) is 0 Å². The van der Waals surface area contributed by atoms with Gasteiger partial charge in [0.25, 0.3) is 0 Å². The minimum atomic E-state index is -0.286. The van der Waals surface area contributed by atoms with Crippen LogP contribution < -0.4 is 0 Å². The molecule has 1 aromatic carbocycles. The zero-order chi connectivity index (χ0) is 20.7. The minimum Gasteiger partial charge on any atom is -0.340 e. The molecule has 0 spiro atoms. The normalized spacial score (nSPS) is 16.8. The number of carbonyl (C=O) groups is 2. The van der Waals surface area contributed by atoms with Crippen LogP contribution in [0.4, 0.5) is 0 Å². The van der Waals surface area contributed by atoms with Crippen molar-refractivity contribution in [3.05, 3.63) is 57.9 Å². The van der Waals surface area contributed by atoms with Gasteiger partial charge in [-0.1, -0.05) is 29.8 Å². The van der Waals surface area contributed by atoms with Crippen molar-refractivity contribution in [1.82, 2.24) is 19.2 Å². The number of fused-ring (bicyclic) bond motifs is 1. The number of rotatable bonds is 5. The molecular weight excluding hydrogens is 384 g/mol. The maximum absolute atomic E-state index is 13.0. The van der Waals surface area contributed by atoms with Gasteiger partial charge in [-0.15, -0.1) is 11.3 Å². The van der Waals surface area contributed by atoms with E-state index in [1.54, 1.807) is 21.1 Å². The molecule has 1 unspecified atom stereocenters. The van der Waals surface area contributed by atoms with E-state index in [4.69, 9.17) is 0 Å². The molecule has 4 rings (SSSR count). The molecule has 0 saturated carbocycles. The molecule has 0 aliphatic carbocycles. The molecule has 2 amide bonds. The molecule has 0 N–H and O–H groups in total. The molecule has 2 aromatic heterocycles. The first-order valence-corrected chi connectivity index (χ1v) is 10.7. The van der Waals surface area contributed by atoms with Gasteiger partial charge in [0.1, 0.15) is 0 Å². The highest BCUT2D eigenvalue weighted by atomic mass is 32.1. The quantitative estimate of drug-likeness (QED) is 0.648. The van der Waals surface area contributed by atoms with Gasteiger partial charge in [-0.05, 0) is 26.3 Å². The van der Waals surface area contributed by atoms with E-state index >= 15 is 0 Å². The van der Waals surface area contributed by atoms with Crippen molar-refractivity contribution >= 4 is 28.1 Å². The van der Waals surface area contributed by atoms with Crippen molar-refractivity contribution < 1.29 is 9.59 Å². The van der Waals surface area contributed by atoms with Gasteiger partial charge in [0, 0.05) is 37.6 Å². The van der Waals surface area contributed by atoms with Gasteiger partial charge >= 0.3 is 0 Å². The van der Waals surface area contributed by atoms with Crippen LogP contribution in [0.25, 0.3) is 4.96 Å². The van der Waals surface area contributed by atoms with Crippen LogP contribution in [0.1, 0.15) is 33.8 Å². The van der Waals surface area contributed by atoms with Gasteiger partial charge in [0.05, 0.1) is 23.9 Å². The second-order valence-electron chi connectivity index (χ2n) is 7.99. The lowest BCUT2D eigenvalue weighted by atomic mass is 10.1. The van der Waals surface area contributed by atoms with Crippen molar-refractivity contribution in [3.63, 3.8) is 0 Å². The lowest BCUT2D eigenvalue weighted by Crippen LogP contribution is -2.34. The molecule has 0 radical (unpaired) electrons. The number of aryl methyl sites for hydroxylation is 3. The van der Waals surface area contributed by atoms with Gasteiger partial charge in [0.2, 0.25) is 11.8 Å². The number of likely N-dealkylation sites (tertiary alicyclic amines) is 1. The molecule has 6 nitrogen and oxygen atoms in total. The predicted molar refractivity (Wildman–Crippen MR) is 114 cm³/mol. The molecule has 7 heteroatoms. The first-order valence-electron chi connectivity index (χ1n) is 9.84. The summed E-state index contributed by atoms with van der Waals surface area (Å²) >= 11 is 1.65. The van der Waals surface area contributed by atoms with E-state index in [1.165, 1.54) is 10.4 Å². The molecule has 1 aliphatic rings. The standard InChI is InChI=1S/C22H26N4O2S/c1-14-5-7-17(8-6-14)11-25-12-18(9-20(25)27)21(28)24(4)13-19-16(3)23-22-26(19)10-15(2)29-22/h5-8,10,18H,9,11-13H2,1-4H3. The molecule has 1 aliphatic heterocycles. The highest BCUT2D eigenvalue weighted by molar-refractivity contribution is 7.17. The first-order chi connectivity index (χ1) is 13.8. The van der Waals surface area contributed by atoms with Crippen LogP contribution >= 0.6 is 11.3 Å². The van der Waals surface area contributed by atoms with Gasteiger partial charge in [0.15, 0.2) is 4.96 Å². The van der Waals surface area contributed by atoms with E-state index in [-0.39, 0.29) is 24.2 Å². The van der Waals surface area contributed by atoms with E-state index in [9.17, 15) is 9.59 Å². The third-order valence-electron chi connectivity index (χ3n) is 5.56. The van der Waals surface area contributed by atoms with Crippen LogP contribution in [0.3, 0.4) is 0 Å². The predicted octanol–water partition coefficient (Wildman–Crippen LogP) is 3.33. The van der Waals surface area contributed by atoms with Crippen LogP contribution in [0.15, 0.2) is 30.5 Å². The maximum atomic E-state index is 13.0. The Hall–Kier alpha value is -2.67. The van der Waals surface area contributed by atoms with E-state index in [0.717, 1.165) is 21.9 Å². The number of nitrogens with zero attached hydrogens (tertiary/aromatic N) is 4. The van der Waals surface area contributed by atoms with Crippen molar-refractivity contribution in [3.8, 4) is 0 Å². The molecule has 3 heterocycles. The second-order valence-corrected chi connectivity index (χ2v) is 9.21. The maximum Gasteiger partial charge on any atom is 0.228 e. The Morgan fingerprint density at radius 1 is 1.24 bits per heavy atom. The molecule has 1 saturated heterocycles. The average Bonchev–Trinajstić information content (AvgIpc) is 3.30.